The lowest BCUT2D eigenvalue weighted by Crippen LogP contribution is -2.42. The summed E-state index contributed by atoms with van der Waals surface area (Å²) in [5.74, 6) is -1.49. The van der Waals surface area contributed by atoms with Crippen molar-refractivity contribution in [1.29, 1.82) is 0 Å². The van der Waals surface area contributed by atoms with Crippen molar-refractivity contribution in [3.05, 3.63) is 0 Å². The predicted octanol–water partition coefficient (Wildman–Crippen LogP) is -0.990. The van der Waals surface area contributed by atoms with E-state index in [4.69, 9.17) is 10.2 Å². The number of carbonyl (C=O) groups excluding carboxylic acids is 2. The second-order valence-corrected chi connectivity index (χ2v) is 3.72. The number of unbranched alkanes of at least 4 members (excludes halogenated alkanes) is 1. The van der Waals surface area contributed by atoms with Gasteiger partial charge in [0.2, 0.25) is 11.8 Å². The van der Waals surface area contributed by atoms with Crippen molar-refractivity contribution in [1.82, 2.24) is 10.6 Å². The maximum Gasteiger partial charge on any atom is 0.232 e. The van der Waals surface area contributed by atoms with Crippen LogP contribution in [0.25, 0.3) is 0 Å². The molecule has 17 heavy (non-hydrogen) atoms. The SMILES string of the molecule is CCCCC(C(=O)NCCO)C(=O)NCCO. The highest BCUT2D eigenvalue weighted by atomic mass is 16.3. The number of aliphatic hydroxyl groups is 2. The third-order valence-corrected chi connectivity index (χ3v) is 2.30. The van der Waals surface area contributed by atoms with E-state index in [1.165, 1.54) is 0 Å². The lowest BCUT2D eigenvalue weighted by molar-refractivity contribution is -0.135. The molecule has 0 atom stereocenters. The molecule has 0 saturated heterocycles. The molecule has 0 bridgehead atoms. The molecule has 0 aromatic rings. The van der Waals surface area contributed by atoms with Crippen LogP contribution in [-0.2, 0) is 9.59 Å². The highest BCUT2D eigenvalue weighted by Crippen LogP contribution is 2.09. The first kappa shape index (κ1) is 15.9. The van der Waals surface area contributed by atoms with Gasteiger partial charge in [0.15, 0.2) is 0 Å². The number of aliphatic hydroxyl groups excluding tert-OH is 2. The molecule has 2 amide bonds. The summed E-state index contributed by atoms with van der Waals surface area (Å²) in [4.78, 5) is 23.3. The lowest BCUT2D eigenvalue weighted by Gasteiger charge is -2.15. The molecular formula is C11H22N2O4. The minimum atomic E-state index is -0.743. The van der Waals surface area contributed by atoms with E-state index in [1.54, 1.807) is 0 Å². The van der Waals surface area contributed by atoms with Gasteiger partial charge in [-0.2, -0.15) is 0 Å². The molecule has 0 aliphatic heterocycles. The smallest absolute Gasteiger partial charge is 0.232 e. The number of amides is 2. The standard InChI is InChI=1S/C11H22N2O4/c1-2-3-4-9(10(16)12-5-7-14)11(17)13-6-8-15/h9,14-15H,2-8H2,1H3,(H,12,16)(H,13,17). The third kappa shape index (κ3) is 6.91. The molecule has 6 heteroatoms. The number of nitrogens with one attached hydrogen (secondary N) is 2. The first-order chi connectivity index (χ1) is 8.17. The fraction of sp³-hybridized carbons (Fsp3) is 0.818. The van der Waals surface area contributed by atoms with E-state index in [9.17, 15) is 9.59 Å². The predicted molar refractivity (Wildman–Crippen MR) is 63.2 cm³/mol. The van der Waals surface area contributed by atoms with Crippen LogP contribution in [0, 0.1) is 5.92 Å². The average molecular weight is 246 g/mol. The summed E-state index contributed by atoms with van der Waals surface area (Å²) in [6.45, 7) is 1.98. The molecule has 0 radical (unpaired) electrons. The van der Waals surface area contributed by atoms with Gasteiger partial charge in [-0.05, 0) is 6.42 Å². The summed E-state index contributed by atoms with van der Waals surface area (Å²) < 4.78 is 0. The topological polar surface area (TPSA) is 98.7 Å². The van der Waals surface area contributed by atoms with Gasteiger partial charge in [0.25, 0.3) is 0 Å². The fourth-order valence-corrected chi connectivity index (χ4v) is 1.39. The number of carbonyl (C=O) groups is 2. The van der Waals surface area contributed by atoms with Gasteiger partial charge in [-0.15, -0.1) is 0 Å². The van der Waals surface area contributed by atoms with E-state index in [-0.39, 0.29) is 38.1 Å². The van der Waals surface area contributed by atoms with Gasteiger partial charge < -0.3 is 20.8 Å². The molecular weight excluding hydrogens is 224 g/mol. The highest BCUT2D eigenvalue weighted by molar-refractivity contribution is 6.00. The third-order valence-electron chi connectivity index (χ3n) is 2.30. The van der Waals surface area contributed by atoms with Crippen LogP contribution in [0.4, 0.5) is 0 Å². The van der Waals surface area contributed by atoms with Crippen LogP contribution in [0.3, 0.4) is 0 Å². The molecule has 0 rings (SSSR count). The van der Waals surface area contributed by atoms with Crippen molar-refractivity contribution in [2.45, 2.75) is 26.2 Å². The lowest BCUT2D eigenvalue weighted by atomic mass is 10.00. The van der Waals surface area contributed by atoms with E-state index < -0.39 is 5.92 Å². The molecule has 6 nitrogen and oxygen atoms in total. The van der Waals surface area contributed by atoms with Crippen molar-refractivity contribution in [3.63, 3.8) is 0 Å². The Labute approximate surface area is 101 Å². The molecule has 0 fully saturated rings. The van der Waals surface area contributed by atoms with Gasteiger partial charge in [0.05, 0.1) is 13.2 Å². The highest BCUT2D eigenvalue weighted by Gasteiger charge is 2.25. The minimum Gasteiger partial charge on any atom is -0.395 e. The summed E-state index contributed by atoms with van der Waals surface area (Å²) >= 11 is 0. The van der Waals surface area contributed by atoms with Crippen LogP contribution in [-0.4, -0.2) is 48.3 Å². The summed E-state index contributed by atoms with van der Waals surface area (Å²) in [6, 6.07) is 0. The Morgan fingerprint density at radius 2 is 1.53 bits per heavy atom. The van der Waals surface area contributed by atoms with Crippen molar-refractivity contribution in [3.8, 4) is 0 Å². The number of hydrogen-bond donors (Lipinski definition) is 4. The van der Waals surface area contributed by atoms with Gasteiger partial charge in [-0.25, -0.2) is 0 Å². The average Bonchev–Trinajstić information content (AvgIpc) is 2.34. The van der Waals surface area contributed by atoms with E-state index in [0.29, 0.717) is 6.42 Å². The maximum absolute atomic E-state index is 11.7. The normalized spacial score (nSPS) is 10.4. The molecule has 0 aromatic carbocycles. The molecule has 0 aliphatic rings. The van der Waals surface area contributed by atoms with Crippen LogP contribution in [0.1, 0.15) is 26.2 Å². The van der Waals surface area contributed by atoms with Gasteiger partial charge in [-0.3, -0.25) is 9.59 Å². The Hall–Kier alpha value is -1.14. The van der Waals surface area contributed by atoms with Crippen molar-refractivity contribution < 1.29 is 19.8 Å². The molecule has 0 saturated carbocycles. The largest absolute Gasteiger partial charge is 0.395 e. The Kier molecular flexibility index (Phi) is 9.37. The summed E-state index contributed by atoms with van der Waals surface area (Å²) in [5, 5.41) is 22.2. The summed E-state index contributed by atoms with van der Waals surface area (Å²) in [7, 11) is 0. The minimum absolute atomic E-state index is 0.148. The molecule has 0 spiro atoms. The molecule has 100 valence electrons. The zero-order valence-electron chi connectivity index (χ0n) is 10.2. The number of hydrogen-bond acceptors (Lipinski definition) is 4. The van der Waals surface area contributed by atoms with E-state index in [0.717, 1.165) is 12.8 Å². The molecule has 0 aromatic heterocycles. The Bertz CT molecular complexity index is 214. The second kappa shape index (κ2) is 10.0. The Morgan fingerprint density at radius 3 is 1.88 bits per heavy atom. The van der Waals surface area contributed by atoms with Crippen molar-refractivity contribution in [2.75, 3.05) is 26.3 Å². The van der Waals surface area contributed by atoms with E-state index >= 15 is 0 Å². The zero-order valence-corrected chi connectivity index (χ0v) is 10.2. The molecule has 0 heterocycles. The Morgan fingerprint density at radius 1 is 1.06 bits per heavy atom. The number of rotatable bonds is 9. The summed E-state index contributed by atoms with van der Waals surface area (Å²) in [6.07, 6.45) is 2.16. The quantitative estimate of drug-likeness (QED) is 0.393. The van der Waals surface area contributed by atoms with Crippen LogP contribution in [0.15, 0.2) is 0 Å². The van der Waals surface area contributed by atoms with Gasteiger partial charge >= 0.3 is 0 Å². The van der Waals surface area contributed by atoms with E-state index in [2.05, 4.69) is 10.6 Å². The maximum atomic E-state index is 11.7. The van der Waals surface area contributed by atoms with Crippen molar-refractivity contribution >= 4 is 11.8 Å². The fourth-order valence-electron chi connectivity index (χ4n) is 1.39. The summed E-state index contributed by atoms with van der Waals surface area (Å²) in [5.41, 5.74) is 0. The van der Waals surface area contributed by atoms with Crippen LogP contribution < -0.4 is 10.6 Å². The van der Waals surface area contributed by atoms with Crippen LogP contribution in [0.2, 0.25) is 0 Å². The second-order valence-electron chi connectivity index (χ2n) is 3.72. The monoisotopic (exact) mass is 246 g/mol. The van der Waals surface area contributed by atoms with Gasteiger partial charge in [-0.1, -0.05) is 19.8 Å². The first-order valence-corrected chi connectivity index (χ1v) is 5.94. The Balaban J connectivity index is 4.29. The molecule has 4 N–H and O–H groups in total. The van der Waals surface area contributed by atoms with E-state index in [1.807, 2.05) is 6.92 Å². The van der Waals surface area contributed by atoms with Gasteiger partial charge in [0, 0.05) is 13.1 Å². The molecule has 0 unspecified atom stereocenters. The van der Waals surface area contributed by atoms with Crippen LogP contribution in [0.5, 0.6) is 0 Å². The molecule has 0 aliphatic carbocycles. The van der Waals surface area contributed by atoms with Gasteiger partial charge in [0.1, 0.15) is 5.92 Å². The van der Waals surface area contributed by atoms with Crippen LogP contribution >= 0.6 is 0 Å². The zero-order chi connectivity index (χ0) is 13.1. The van der Waals surface area contributed by atoms with Crippen molar-refractivity contribution in [2.24, 2.45) is 5.92 Å². The first-order valence-electron chi connectivity index (χ1n) is 5.94.